The van der Waals surface area contributed by atoms with Crippen molar-refractivity contribution in [3.05, 3.63) is 0 Å². The fourth-order valence-corrected chi connectivity index (χ4v) is 4.28. The Morgan fingerprint density at radius 1 is 1.38 bits per heavy atom. The molecule has 0 saturated carbocycles. The topological polar surface area (TPSA) is 32.5 Å². The predicted molar refractivity (Wildman–Crippen MR) is 72.0 cm³/mol. The molecule has 0 amide bonds. The number of hydrogen-bond acceptors (Lipinski definition) is 4. The summed E-state index contributed by atoms with van der Waals surface area (Å²) in [6.45, 7) is 9.07. The second-order valence-electron chi connectivity index (χ2n) is 5.43. The minimum absolute atomic E-state index is 0.253. The normalized spacial score (nSPS) is 42.8. The molecule has 0 aromatic heterocycles. The molecule has 0 bridgehead atoms. The lowest BCUT2D eigenvalue weighted by Crippen LogP contribution is -2.62. The van der Waals surface area contributed by atoms with Gasteiger partial charge in [-0.1, -0.05) is 6.92 Å². The molecule has 4 heteroatoms. The van der Waals surface area contributed by atoms with Crippen molar-refractivity contribution in [1.29, 1.82) is 0 Å². The average Bonchev–Trinajstić information content (AvgIpc) is 2.65. The summed E-state index contributed by atoms with van der Waals surface area (Å²) in [6.07, 6.45) is 1.24. The van der Waals surface area contributed by atoms with Crippen molar-refractivity contribution in [1.82, 2.24) is 9.80 Å². The van der Waals surface area contributed by atoms with E-state index in [9.17, 15) is 0 Å². The second kappa shape index (κ2) is 4.84. The molecule has 0 radical (unpaired) electrons. The van der Waals surface area contributed by atoms with E-state index in [4.69, 9.17) is 5.73 Å². The van der Waals surface area contributed by atoms with Crippen LogP contribution in [0.5, 0.6) is 0 Å². The Hall–Kier alpha value is 0.230. The summed E-state index contributed by atoms with van der Waals surface area (Å²) in [7, 11) is 2.21. The maximum atomic E-state index is 6.09. The maximum Gasteiger partial charge on any atom is 0.0474 e. The van der Waals surface area contributed by atoms with Crippen LogP contribution in [-0.2, 0) is 0 Å². The highest BCUT2D eigenvalue weighted by Gasteiger charge is 2.44. The molecule has 2 N–H and O–H groups in total. The first-order valence-corrected chi connectivity index (χ1v) is 7.41. The van der Waals surface area contributed by atoms with Crippen LogP contribution in [0.1, 0.15) is 20.3 Å². The number of rotatable bonds is 2. The van der Waals surface area contributed by atoms with Gasteiger partial charge < -0.3 is 10.6 Å². The molecular weight excluding hydrogens is 218 g/mol. The monoisotopic (exact) mass is 243 g/mol. The first kappa shape index (κ1) is 12.7. The minimum atomic E-state index is 0.253. The van der Waals surface area contributed by atoms with Gasteiger partial charge in [-0.15, -0.1) is 0 Å². The van der Waals surface area contributed by atoms with Gasteiger partial charge in [0.25, 0.3) is 0 Å². The molecule has 0 spiro atoms. The maximum absolute atomic E-state index is 6.09. The fraction of sp³-hybridized carbons (Fsp3) is 1.00. The quantitative estimate of drug-likeness (QED) is 0.779. The van der Waals surface area contributed by atoms with Crippen LogP contribution in [0.4, 0.5) is 0 Å². The zero-order valence-corrected chi connectivity index (χ0v) is 11.6. The van der Waals surface area contributed by atoms with Gasteiger partial charge in [-0.05, 0) is 26.9 Å². The molecule has 3 nitrogen and oxygen atoms in total. The molecule has 2 fully saturated rings. The summed E-state index contributed by atoms with van der Waals surface area (Å²) in [5.41, 5.74) is 6.35. The van der Waals surface area contributed by atoms with E-state index in [-0.39, 0.29) is 5.54 Å². The van der Waals surface area contributed by atoms with E-state index in [1.807, 2.05) is 0 Å². The van der Waals surface area contributed by atoms with Gasteiger partial charge in [0.05, 0.1) is 0 Å². The van der Waals surface area contributed by atoms with Gasteiger partial charge in [0, 0.05) is 42.2 Å². The van der Waals surface area contributed by atoms with Crippen LogP contribution in [0.2, 0.25) is 0 Å². The van der Waals surface area contributed by atoms with Crippen molar-refractivity contribution >= 4 is 11.8 Å². The lowest BCUT2D eigenvalue weighted by molar-refractivity contribution is 0.0649. The molecule has 0 aliphatic carbocycles. The van der Waals surface area contributed by atoms with E-state index in [2.05, 4.69) is 42.5 Å². The molecule has 2 saturated heterocycles. The van der Waals surface area contributed by atoms with Gasteiger partial charge in [0.2, 0.25) is 0 Å². The van der Waals surface area contributed by atoms with Gasteiger partial charge >= 0.3 is 0 Å². The van der Waals surface area contributed by atoms with Gasteiger partial charge in [-0.2, -0.15) is 11.8 Å². The number of nitrogens with zero attached hydrogens (tertiary/aromatic N) is 2. The molecule has 2 rings (SSSR count). The van der Waals surface area contributed by atoms with E-state index in [0.717, 1.165) is 18.3 Å². The van der Waals surface area contributed by atoms with E-state index in [1.165, 1.54) is 25.3 Å². The van der Waals surface area contributed by atoms with Crippen LogP contribution >= 0.6 is 11.8 Å². The molecule has 3 atom stereocenters. The molecule has 2 heterocycles. The van der Waals surface area contributed by atoms with Crippen LogP contribution in [-0.4, -0.2) is 65.6 Å². The smallest absolute Gasteiger partial charge is 0.0474 e. The number of likely N-dealkylation sites (N-methyl/N-ethyl adjacent to an activating group) is 1. The molecule has 2 aliphatic rings. The zero-order chi connectivity index (χ0) is 11.8. The molecule has 94 valence electrons. The van der Waals surface area contributed by atoms with Crippen LogP contribution < -0.4 is 5.73 Å². The SMILES string of the molecule is CC1SCCN(C2(CN)CCN(C)C2)C1C. The van der Waals surface area contributed by atoms with Crippen molar-refractivity contribution < 1.29 is 0 Å². The summed E-state index contributed by atoms with van der Waals surface area (Å²) in [5.74, 6) is 1.26. The molecule has 2 aliphatic heterocycles. The summed E-state index contributed by atoms with van der Waals surface area (Å²) < 4.78 is 0. The molecule has 0 aromatic rings. The van der Waals surface area contributed by atoms with E-state index in [1.54, 1.807) is 0 Å². The summed E-state index contributed by atoms with van der Waals surface area (Å²) in [6, 6.07) is 0.661. The van der Waals surface area contributed by atoms with Gasteiger partial charge in [-0.25, -0.2) is 0 Å². The van der Waals surface area contributed by atoms with E-state index in [0.29, 0.717) is 6.04 Å². The summed E-state index contributed by atoms with van der Waals surface area (Å²) in [4.78, 5) is 5.11. The van der Waals surface area contributed by atoms with Gasteiger partial charge in [-0.3, -0.25) is 4.90 Å². The third-order valence-electron chi connectivity index (χ3n) is 4.40. The lowest BCUT2D eigenvalue weighted by atomic mass is 9.93. The zero-order valence-electron chi connectivity index (χ0n) is 10.8. The first-order valence-electron chi connectivity index (χ1n) is 6.36. The highest BCUT2D eigenvalue weighted by Crippen LogP contribution is 2.34. The van der Waals surface area contributed by atoms with Crippen LogP contribution in [0.15, 0.2) is 0 Å². The Balaban J connectivity index is 2.14. The second-order valence-corrected chi connectivity index (χ2v) is 6.91. The Morgan fingerprint density at radius 3 is 2.69 bits per heavy atom. The summed E-state index contributed by atoms with van der Waals surface area (Å²) in [5, 5.41) is 0.739. The Kier molecular flexibility index (Phi) is 3.84. The lowest BCUT2D eigenvalue weighted by Gasteiger charge is -2.48. The number of hydrogen-bond donors (Lipinski definition) is 1. The standard InChI is InChI=1S/C12H25N3S/c1-10-11(2)16-7-6-15(10)12(8-13)4-5-14(3)9-12/h10-11H,4-9,13H2,1-3H3. The van der Waals surface area contributed by atoms with Crippen LogP contribution in [0.25, 0.3) is 0 Å². The van der Waals surface area contributed by atoms with Crippen molar-refractivity contribution in [2.24, 2.45) is 5.73 Å². The van der Waals surface area contributed by atoms with Crippen LogP contribution in [0, 0.1) is 0 Å². The molecular formula is C12H25N3S. The molecule has 16 heavy (non-hydrogen) atoms. The highest BCUT2D eigenvalue weighted by molar-refractivity contribution is 8.00. The Bertz CT molecular complexity index is 248. The Labute approximate surface area is 104 Å². The molecule has 0 aromatic carbocycles. The third kappa shape index (κ3) is 2.13. The van der Waals surface area contributed by atoms with Crippen molar-refractivity contribution in [3.63, 3.8) is 0 Å². The summed E-state index contributed by atoms with van der Waals surface area (Å²) >= 11 is 2.10. The number of thioether (sulfide) groups is 1. The van der Waals surface area contributed by atoms with Gasteiger partial charge in [0.1, 0.15) is 0 Å². The van der Waals surface area contributed by atoms with Gasteiger partial charge in [0.15, 0.2) is 0 Å². The Morgan fingerprint density at radius 2 is 2.12 bits per heavy atom. The number of likely N-dealkylation sites (tertiary alicyclic amines) is 1. The average molecular weight is 243 g/mol. The van der Waals surface area contributed by atoms with Crippen molar-refractivity contribution in [2.75, 3.05) is 39.0 Å². The largest absolute Gasteiger partial charge is 0.329 e. The third-order valence-corrected chi connectivity index (χ3v) is 5.73. The van der Waals surface area contributed by atoms with Crippen molar-refractivity contribution in [2.45, 2.75) is 37.1 Å². The fourth-order valence-electron chi connectivity index (χ4n) is 3.18. The predicted octanol–water partition coefficient (Wildman–Crippen LogP) is 0.845. The van der Waals surface area contributed by atoms with E-state index >= 15 is 0 Å². The van der Waals surface area contributed by atoms with Crippen molar-refractivity contribution in [3.8, 4) is 0 Å². The number of nitrogens with two attached hydrogens (primary N) is 1. The first-order chi connectivity index (χ1) is 7.59. The molecule has 3 unspecified atom stereocenters. The highest BCUT2D eigenvalue weighted by atomic mass is 32.2. The minimum Gasteiger partial charge on any atom is -0.329 e. The van der Waals surface area contributed by atoms with E-state index < -0.39 is 0 Å². The van der Waals surface area contributed by atoms with Crippen LogP contribution in [0.3, 0.4) is 0 Å².